The third-order valence-electron chi connectivity index (χ3n) is 3.33. The van der Waals surface area contributed by atoms with E-state index in [-0.39, 0.29) is 23.2 Å². The number of likely N-dealkylation sites (tertiary alicyclic amines) is 1. The van der Waals surface area contributed by atoms with Crippen molar-refractivity contribution in [1.29, 1.82) is 0 Å². The molecule has 0 aromatic heterocycles. The van der Waals surface area contributed by atoms with Crippen molar-refractivity contribution < 1.29 is 19.4 Å². The summed E-state index contributed by atoms with van der Waals surface area (Å²) in [4.78, 5) is 26.2. The van der Waals surface area contributed by atoms with Crippen LogP contribution >= 0.6 is 0 Å². The maximum absolute atomic E-state index is 12.5. The van der Waals surface area contributed by atoms with Crippen LogP contribution in [-0.4, -0.2) is 40.1 Å². The van der Waals surface area contributed by atoms with Gasteiger partial charge in [-0.1, -0.05) is 12.1 Å². The van der Waals surface area contributed by atoms with Crippen LogP contribution in [0.4, 0.5) is 0 Å². The summed E-state index contributed by atoms with van der Waals surface area (Å²) in [7, 11) is 0. The lowest BCUT2D eigenvalue weighted by Crippen LogP contribution is -2.43. The SMILES string of the molecule is CC(C)(C)OC(=O)[C@H]1CCCN1C(=O)c1ccccc1O. The van der Waals surface area contributed by atoms with Crippen molar-refractivity contribution in [3.63, 3.8) is 0 Å². The van der Waals surface area contributed by atoms with E-state index in [2.05, 4.69) is 0 Å². The minimum atomic E-state index is -0.580. The lowest BCUT2D eigenvalue weighted by molar-refractivity contribution is -0.159. The molecule has 1 saturated heterocycles. The molecular weight excluding hydrogens is 270 g/mol. The largest absolute Gasteiger partial charge is 0.507 e. The molecular formula is C16H21NO4. The first-order valence-corrected chi connectivity index (χ1v) is 7.11. The summed E-state index contributed by atoms with van der Waals surface area (Å²) in [6, 6.07) is 5.79. The van der Waals surface area contributed by atoms with Gasteiger partial charge in [-0.25, -0.2) is 4.79 Å². The van der Waals surface area contributed by atoms with Crippen molar-refractivity contribution >= 4 is 11.9 Å². The van der Waals surface area contributed by atoms with Crippen LogP contribution in [0.2, 0.25) is 0 Å². The van der Waals surface area contributed by atoms with Crippen LogP contribution in [0.15, 0.2) is 24.3 Å². The van der Waals surface area contributed by atoms with E-state index in [4.69, 9.17) is 4.74 Å². The van der Waals surface area contributed by atoms with Crippen LogP contribution in [0, 0.1) is 0 Å². The molecule has 5 nitrogen and oxygen atoms in total. The Labute approximate surface area is 124 Å². The number of para-hydroxylation sites is 1. The summed E-state index contributed by atoms with van der Waals surface area (Å²) in [5.74, 6) is -0.789. The van der Waals surface area contributed by atoms with E-state index in [1.807, 2.05) is 0 Å². The number of benzene rings is 1. The normalized spacial score (nSPS) is 18.6. The second-order valence-electron chi connectivity index (χ2n) is 6.21. The van der Waals surface area contributed by atoms with Crippen molar-refractivity contribution in [3.8, 4) is 5.75 Å². The van der Waals surface area contributed by atoms with Gasteiger partial charge in [-0.05, 0) is 45.7 Å². The van der Waals surface area contributed by atoms with Crippen LogP contribution in [0.5, 0.6) is 5.75 Å². The fourth-order valence-corrected chi connectivity index (χ4v) is 2.43. The molecule has 1 aliphatic heterocycles. The smallest absolute Gasteiger partial charge is 0.329 e. The first-order valence-electron chi connectivity index (χ1n) is 7.11. The molecule has 1 heterocycles. The average Bonchev–Trinajstić information content (AvgIpc) is 2.85. The molecule has 114 valence electrons. The minimum absolute atomic E-state index is 0.0719. The lowest BCUT2D eigenvalue weighted by atomic mass is 10.1. The van der Waals surface area contributed by atoms with E-state index in [0.29, 0.717) is 13.0 Å². The number of phenolic OH excluding ortho intramolecular Hbond substituents is 1. The van der Waals surface area contributed by atoms with E-state index >= 15 is 0 Å². The van der Waals surface area contributed by atoms with Crippen LogP contribution in [0.25, 0.3) is 0 Å². The average molecular weight is 291 g/mol. The van der Waals surface area contributed by atoms with Crippen molar-refractivity contribution in [1.82, 2.24) is 4.90 Å². The van der Waals surface area contributed by atoms with E-state index < -0.39 is 11.6 Å². The summed E-state index contributed by atoms with van der Waals surface area (Å²) in [6.45, 7) is 5.90. The van der Waals surface area contributed by atoms with Gasteiger partial charge in [0.05, 0.1) is 5.56 Å². The zero-order valence-corrected chi connectivity index (χ0v) is 12.6. The Balaban J connectivity index is 2.17. The van der Waals surface area contributed by atoms with Gasteiger partial charge in [-0.15, -0.1) is 0 Å². The molecule has 0 aliphatic carbocycles. The molecule has 1 aromatic carbocycles. The summed E-state index contributed by atoms with van der Waals surface area (Å²) < 4.78 is 5.37. The fourth-order valence-electron chi connectivity index (χ4n) is 2.43. The van der Waals surface area contributed by atoms with Crippen LogP contribution in [0.3, 0.4) is 0 Å². The quantitative estimate of drug-likeness (QED) is 0.849. The first kappa shape index (κ1) is 15.4. The molecule has 1 N–H and O–H groups in total. The lowest BCUT2D eigenvalue weighted by Gasteiger charge is -2.27. The summed E-state index contributed by atoms with van der Waals surface area (Å²) >= 11 is 0. The second kappa shape index (κ2) is 5.76. The maximum atomic E-state index is 12.5. The number of hydrogen-bond acceptors (Lipinski definition) is 4. The Morgan fingerprint density at radius 1 is 1.29 bits per heavy atom. The van der Waals surface area contributed by atoms with Gasteiger partial charge in [0, 0.05) is 6.54 Å². The molecule has 1 amide bonds. The first-order chi connectivity index (χ1) is 9.79. The van der Waals surface area contributed by atoms with Crippen molar-refractivity contribution in [2.75, 3.05) is 6.54 Å². The number of esters is 1. The predicted molar refractivity (Wildman–Crippen MR) is 78.0 cm³/mol. The third-order valence-corrected chi connectivity index (χ3v) is 3.33. The van der Waals surface area contributed by atoms with E-state index in [1.54, 1.807) is 39.0 Å². The number of rotatable bonds is 2. The van der Waals surface area contributed by atoms with E-state index in [9.17, 15) is 14.7 Å². The Bertz CT molecular complexity index is 547. The van der Waals surface area contributed by atoms with Gasteiger partial charge in [0.15, 0.2) is 0 Å². The van der Waals surface area contributed by atoms with Gasteiger partial charge in [-0.2, -0.15) is 0 Å². The third kappa shape index (κ3) is 3.54. The number of carbonyl (C=O) groups excluding carboxylic acids is 2. The molecule has 1 aliphatic rings. The number of ether oxygens (including phenoxy) is 1. The van der Waals surface area contributed by atoms with Gasteiger partial charge >= 0.3 is 5.97 Å². The number of hydrogen-bond donors (Lipinski definition) is 1. The van der Waals surface area contributed by atoms with Crippen molar-refractivity contribution in [2.24, 2.45) is 0 Å². The molecule has 1 atom stereocenters. The molecule has 0 unspecified atom stereocenters. The standard InChI is InChI=1S/C16H21NO4/c1-16(2,3)21-15(20)12-8-6-10-17(12)14(19)11-7-4-5-9-13(11)18/h4-5,7,9,12,18H,6,8,10H2,1-3H3/t12-/m1/s1. The van der Waals surface area contributed by atoms with Gasteiger partial charge in [0.25, 0.3) is 5.91 Å². The fraction of sp³-hybridized carbons (Fsp3) is 0.500. The summed E-state index contributed by atoms with van der Waals surface area (Å²) in [5.41, 5.74) is -0.364. The molecule has 1 fully saturated rings. The van der Waals surface area contributed by atoms with Crippen LogP contribution < -0.4 is 0 Å². The predicted octanol–water partition coefficient (Wildman–Crippen LogP) is 2.34. The minimum Gasteiger partial charge on any atom is -0.507 e. The molecule has 0 spiro atoms. The highest BCUT2D eigenvalue weighted by molar-refractivity contribution is 5.99. The Hall–Kier alpha value is -2.04. The molecule has 0 radical (unpaired) electrons. The second-order valence-corrected chi connectivity index (χ2v) is 6.21. The Morgan fingerprint density at radius 2 is 1.95 bits per heavy atom. The Kier molecular flexibility index (Phi) is 4.21. The highest BCUT2D eigenvalue weighted by Crippen LogP contribution is 2.26. The van der Waals surface area contributed by atoms with Crippen molar-refractivity contribution in [3.05, 3.63) is 29.8 Å². The maximum Gasteiger partial charge on any atom is 0.329 e. The van der Waals surface area contributed by atoms with Gasteiger partial charge in [-0.3, -0.25) is 4.79 Å². The van der Waals surface area contributed by atoms with E-state index in [0.717, 1.165) is 6.42 Å². The van der Waals surface area contributed by atoms with Gasteiger partial charge in [0.2, 0.25) is 0 Å². The van der Waals surface area contributed by atoms with Gasteiger partial charge in [0.1, 0.15) is 17.4 Å². The number of carbonyl (C=O) groups is 2. The van der Waals surface area contributed by atoms with Crippen molar-refractivity contribution in [2.45, 2.75) is 45.3 Å². The summed E-state index contributed by atoms with van der Waals surface area (Å²) in [6.07, 6.45) is 1.34. The molecule has 2 rings (SSSR count). The number of aromatic hydroxyl groups is 1. The molecule has 0 saturated carbocycles. The number of amides is 1. The zero-order chi connectivity index (χ0) is 15.6. The molecule has 5 heteroatoms. The molecule has 21 heavy (non-hydrogen) atoms. The van der Waals surface area contributed by atoms with Crippen LogP contribution in [-0.2, 0) is 9.53 Å². The summed E-state index contributed by atoms with van der Waals surface area (Å²) in [5, 5.41) is 9.79. The number of nitrogens with zero attached hydrogens (tertiary/aromatic N) is 1. The molecule has 0 bridgehead atoms. The zero-order valence-electron chi connectivity index (χ0n) is 12.6. The van der Waals surface area contributed by atoms with Gasteiger partial charge < -0.3 is 14.7 Å². The van der Waals surface area contributed by atoms with E-state index in [1.165, 1.54) is 11.0 Å². The Morgan fingerprint density at radius 3 is 2.57 bits per heavy atom. The topological polar surface area (TPSA) is 66.8 Å². The monoisotopic (exact) mass is 291 g/mol. The molecule has 1 aromatic rings. The number of phenols is 1. The van der Waals surface area contributed by atoms with Crippen LogP contribution in [0.1, 0.15) is 44.0 Å². The highest BCUT2D eigenvalue weighted by atomic mass is 16.6. The highest BCUT2D eigenvalue weighted by Gasteiger charge is 2.37.